The zero-order chi connectivity index (χ0) is 32.0. The average Bonchev–Trinajstić information content (AvgIpc) is 3.63. The van der Waals surface area contributed by atoms with Crippen molar-refractivity contribution in [1.29, 1.82) is 0 Å². The van der Waals surface area contributed by atoms with Gasteiger partial charge in [-0.2, -0.15) is 18.3 Å². The van der Waals surface area contributed by atoms with E-state index in [-0.39, 0.29) is 63.2 Å². The van der Waals surface area contributed by atoms with Crippen LogP contribution in [0.3, 0.4) is 0 Å². The lowest BCUT2D eigenvalue weighted by Crippen LogP contribution is -2.52. The fourth-order valence-electron chi connectivity index (χ4n) is 6.15. The van der Waals surface area contributed by atoms with E-state index in [1.165, 1.54) is 46.9 Å². The van der Waals surface area contributed by atoms with Crippen molar-refractivity contribution in [2.75, 3.05) is 31.5 Å². The predicted molar refractivity (Wildman–Crippen MR) is 160 cm³/mol. The summed E-state index contributed by atoms with van der Waals surface area (Å²) in [4.78, 5) is 46.8. The highest BCUT2D eigenvalue weighted by molar-refractivity contribution is 6.34. The number of nitrogens with zero attached hydrogens (tertiary/aromatic N) is 6. The van der Waals surface area contributed by atoms with Gasteiger partial charge >= 0.3 is 6.18 Å². The van der Waals surface area contributed by atoms with Crippen LogP contribution in [0.1, 0.15) is 71.2 Å². The second-order valence-corrected chi connectivity index (χ2v) is 12.4. The second kappa shape index (κ2) is 12.1. The van der Waals surface area contributed by atoms with E-state index in [4.69, 9.17) is 17.3 Å². The van der Waals surface area contributed by atoms with E-state index in [1.807, 2.05) is 0 Å². The molecule has 2 saturated carbocycles. The number of imidazole rings is 1. The van der Waals surface area contributed by atoms with Gasteiger partial charge in [-0.1, -0.05) is 18.0 Å². The van der Waals surface area contributed by atoms with Crippen LogP contribution in [0.5, 0.6) is 0 Å². The van der Waals surface area contributed by atoms with Gasteiger partial charge in [-0.15, -0.1) is 0 Å². The van der Waals surface area contributed by atoms with Crippen LogP contribution in [-0.2, 0) is 18.0 Å². The van der Waals surface area contributed by atoms with Crippen molar-refractivity contribution in [2.45, 2.75) is 56.8 Å². The normalized spacial score (nSPS) is 20.8. The smallest absolute Gasteiger partial charge is 0.339 e. The monoisotopic (exact) mass is 646 g/mol. The minimum Gasteiger partial charge on any atom is -0.339 e. The first-order chi connectivity index (χ1) is 21.4. The Morgan fingerprint density at radius 3 is 2.40 bits per heavy atom. The number of rotatable bonds is 6. The van der Waals surface area contributed by atoms with Gasteiger partial charge in [-0.25, -0.2) is 4.98 Å². The molecule has 0 radical (unpaired) electrons. The lowest BCUT2D eigenvalue weighted by molar-refractivity contribution is -0.141. The molecule has 0 spiro atoms. The van der Waals surface area contributed by atoms with Crippen molar-refractivity contribution < 1.29 is 27.6 Å². The van der Waals surface area contributed by atoms with E-state index in [0.29, 0.717) is 32.6 Å². The third kappa shape index (κ3) is 6.43. The second-order valence-electron chi connectivity index (χ2n) is 12.0. The Bertz CT molecular complexity index is 1620. The molecular formula is C30H34ClF3N8O3. The average molecular weight is 647 g/mol. The van der Waals surface area contributed by atoms with Gasteiger partial charge in [0, 0.05) is 57.1 Å². The van der Waals surface area contributed by atoms with Crippen LogP contribution in [0.2, 0.25) is 5.02 Å². The van der Waals surface area contributed by atoms with Gasteiger partial charge in [-0.3, -0.25) is 19.1 Å². The fraction of sp³-hybridized carbons (Fsp3) is 0.500. The van der Waals surface area contributed by atoms with E-state index in [9.17, 15) is 27.6 Å². The largest absolute Gasteiger partial charge is 0.435 e. The molecule has 3 N–H and O–H groups in total. The lowest BCUT2D eigenvalue weighted by atomic mass is 9.85. The molecule has 3 amide bonds. The molecule has 3 heterocycles. The first kappa shape index (κ1) is 31.1. The molecule has 3 aromatic rings. The summed E-state index contributed by atoms with van der Waals surface area (Å²) in [5.41, 5.74) is 5.50. The fourth-order valence-corrected chi connectivity index (χ4v) is 6.41. The topological polar surface area (TPSA) is 131 Å². The van der Waals surface area contributed by atoms with Crippen molar-refractivity contribution >= 4 is 35.0 Å². The van der Waals surface area contributed by atoms with Crippen molar-refractivity contribution in [2.24, 2.45) is 18.7 Å². The summed E-state index contributed by atoms with van der Waals surface area (Å²) < 4.78 is 43.9. The van der Waals surface area contributed by atoms with E-state index in [0.717, 1.165) is 32.1 Å². The molecule has 45 heavy (non-hydrogen) atoms. The molecule has 6 rings (SSSR count). The Labute approximate surface area is 262 Å². The number of hydrogen-bond donors (Lipinski definition) is 2. The molecule has 0 unspecified atom stereocenters. The van der Waals surface area contributed by atoms with Gasteiger partial charge in [0.1, 0.15) is 0 Å². The number of piperazine rings is 1. The third-order valence-electron chi connectivity index (χ3n) is 8.79. The van der Waals surface area contributed by atoms with E-state index in [1.54, 1.807) is 9.80 Å². The Morgan fingerprint density at radius 1 is 1.04 bits per heavy atom. The highest BCUT2D eigenvalue weighted by atomic mass is 35.5. The van der Waals surface area contributed by atoms with Crippen LogP contribution in [0.4, 0.5) is 18.9 Å². The number of halogens is 4. The van der Waals surface area contributed by atoms with Crippen LogP contribution in [0.25, 0.3) is 11.3 Å². The standard InChI is InChI=1S/C30H34ClF3N8O3/c1-39-24(22-16-42(20-6-7-20)38-25(22)30(32,33)34)15-36-26(39)27(43)37-19-5-8-21(23(31)14-19)29(45)41-11-9-40(10-12-41)28(44)17-3-2-4-18(35)13-17/h5,8,14-18,20H,2-4,6-7,9-13,35H2,1H3,(H,37,43)/t17-,18-/m1/s1. The highest BCUT2D eigenvalue weighted by Crippen LogP contribution is 2.41. The van der Waals surface area contributed by atoms with Crippen LogP contribution in [0, 0.1) is 5.92 Å². The number of amides is 3. The van der Waals surface area contributed by atoms with Gasteiger partial charge in [0.25, 0.3) is 11.8 Å². The zero-order valence-corrected chi connectivity index (χ0v) is 25.4. The number of benzene rings is 1. The van der Waals surface area contributed by atoms with Crippen molar-refractivity contribution in [3.63, 3.8) is 0 Å². The van der Waals surface area contributed by atoms with Gasteiger partial charge in [0.2, 0.25) is 5.91 Å². The SMILES string of the molecule is Cn1c(-c2cn(C3CC3)nc2C(F)(F)F)cnc1C(=O)Nc1ccc(C(=O)N2CCN(C(=O)[C@@H]3CCC[C@@H](N)C3)CC2)c(Cl)c1. The molecule has 1 aromatic carbocycles. The maximum Gasteiger partial charge on any atom is 0.435 e. The molecule has 3 fully saturated rings. The predicted octanol–water partition coefficient (Wildman–Crippen LogP) is 4.34. The first-order valence-electron chi connectivity index (χ1n) is 15.0. The number of carbonyl (C=O) groups excluding carboxylic acids is 3. The van der Waals surface area contributed by atoms with Crippen molar-refractivity contribution in [3.05, 3.63) is 52.7 Å². The van der Waals surface area contributed by atoms with Crippen LogP contribution >= 0.6 is 11.6 Å². The van der Waals surface area contributed by atoms with Gasteiger partial charge in [0.15, 0.2) is 11.5 Å². The minimum atomic E-state index is -4.67. The molecule has 11 nitrogen and oxygen atoms in total. The quantitative estimate of drug-likeness (QED) is 0.410. The molecule has 2 aliphatic carbocycles. The van der Waals surface area contributed by atoms with Crippen molar-refractivity contribution in [1.82, 2.24) is 29.1 Å². The number of alkyl halides is 3. The molecule has 1 aliphatic heterocycles. The number of aromatic nitrogens is 4. The van der Waals surface area contributed by atoms with E-state index >= 15 is 0 Å². The molecule has 1 saturated heterocycles. The Morgan fingerprint density at radius 2 is 1.76 bits per heavy atom. The van der Waals surface area contributed by atoms with Gasteiger partial charge in [0.05, 0.1) is 34.1 Å². The maximum absolute atomic E-state index is 13.7. The molecule has 3 aliphatic rings. The molecule has 2 aromatic heterocycles. The molecule has 240 valence electrons. The van der Waals surface area contributed by atoms with Gasteiger partial charge in [-0.05, 0) is 50.3 Å². The summed E-state index contributed by atoms with van der Waals surface area (Å²) in [5.74, 6) is -1.03. The summed E-state index contributed by atoms with van der Waals surface area (Å²) in [6.45, 7) is 1.60. The lowest BCUT2D eigenvalue weighted by Gasteiger charge is -2.38. The summed E-state index contributed by atoms with van der Waals surface area (Å²) in [5, 5.41) is 6.54. The minimum absolute atomic E-state index is 0.0563. The highest BCUT2D eigenvalue weighted by Gasteiger charge is 2.40. The summed E-state index contributed by atoms with van der Waals surface area (Å²) in [7, 11) is 1.46. The molecule has 15 heteroatoms. The van der Waals surface area contributed by atoms with E-state index in [2.05, 4.69) is 15.4 Å². The van der Waals surface area contributed by atoms with E-state index < -0.39 is 17.8 Å². The summed E-state index contributed by atoms with van der Waals surface area (Å²) in [6.07, 6.45) is 2.84. The number of nitrogens with one attached hydrogen (secondary N) is 1. The number of carbonyl (C=O) groups is 3. The maximum atomic E-state index is 13.7. The number of hydrogen-bond acceptors (Lipinski definition) is 6. The Hall–Kier alpha value is -3.91. The summed E-state index contributed by atoms with van der Waals surface area (Å²) in [6, 6.07) is 4.46. The third-order valence-corrected chi connectivity index (χ3v) is 9.10. The number of anilines is 1. The Kier molecular flexibility index (Phi) is 8.37. The molecule has 2 atom stereocenters. The molecule has 0 bridgehead atoms. The van der Waals surface area contributed by atoms with Crippen LogP contribution < -0.4 is 11.1 Å². The zero-order valence-electron chi connectivity index (χ0n) is 24.7. The van der Waals surface area contributed by atoms with Crippen LogP contribution in [-0.4, -0.2) is 79.1 Å². The Balaban J connectivity index is 1.10. The van der Waals surface area contributed by atoms with Gasteiger partial charge < -0.3 is 25.4 Å². The summed E-state index contributed by atoms with van der Waals surface area (Å²) >= 11 is 6.46. The first-order valence-corrected chi connectivity index (χ1v) is 15.4. The number of nitrogens with two attached hydrogens (primary N) is 1. The molecular weight excluding hydrogens is 613 g/mol. The van der Waals surface area contributed by atoms with Crippen molar-refractivity contribution in [3.8, 4) is 11.3 Å². The van der Waals surface area contributed by atoms with Crippen LogP contribution in [0.15, 0.2) is 30.6 Å².